The lowest BCUT2D eigenvalue weighted by Gasteiger charge is -2.36. The molecule has 0 aromatic rings. The van der Waals surface area contributed by atoms with Gasteiger partial charge in [0.05, 0.1) is 0 Å². The summed E-state index contributed by atoms with van der Waals surface area (Å²) in [5.41, 5.74) is -1.32. The van der Waals surface area contributed by atoms with Crippen molar-refractivity contribution in [3.05, 3.63) is 0 Å². The predicted octanol–water partition coefficient (Wildman–Crippen LogP) is 0.312. The van der Waals surface area contributed by atoms with E-state index in [9.17, 15) is 14.4 Å². The van der Waals surface area contributed by atoms with Crippen molar-refractivity contribution in [2.75, 3.05) is 34.2 Å². The van der Waals surface area contributed by atoms with E-state index in [-0.39, 0.29) is 19.0 Å². The van der Waals surface area contributed by atoms with E-state index in [0.29, 0.717) is 0 Å². The first-order valence-corrected chi connectivity index (χ1v) is 6.02. The zero-order valence-electron chi connectivity index (χ0n) is 12.4. The minimum atomic E-state index is -1.32. The number of carbonyl (C=O) groups is 3. The number of rotatable bonds is 5. The molecule has 0 aliphatic rings. The van der Waals surface area contributed by atoms with Gasteiger partial charge in [0.25, 0.3) is 0 Å². The second-order valence-corrected chi connectivity index (χ2v) is 5.04. The first kappa shape index (κ1) is 17.2. The molecule has 0 bridgehead atoms. The zero-order chi connectivity index (χ0) is 15.4. The molecular weight excluding hydrogens is 250 g/mol. The first-order valence-electron chi connectivity index (χ1n) is 6.02. The molecule has 7 nitrogen and oxygen atoms in total. The molecule has 3 amide bonds. The number of carboxylic acids is 1. The third kappa shape index (κ3) is 4.11. The van der Waals surface area contributed by atoms with Crippen LogP contribution in [0.15, 0.2) is 0 Å². The number of carboxylic acid groups (broad SMARTS) is 1. The number of aliphatic carboxylic acids is 1. The van der Waals surface area contributed by atoms with E-state index in [1.165, 1.54) is 35.6 Å². The Labute approximate surface area is 113 Å². The van der Waals surface area contributed by atoms with Crippen LogP contribution in [0.4, 0.5) is 4.79 Å². The highest BCUT2D eigenvalue weighted by Gasteiger charge is 2.38. The van der Waals surface area contributed by atoms with Gasteiger partial charge in [-0.2, -0.15) is 0 Å². The Morgan fingerprint density at radius 1 is 1.11 bits per heavy atom. The van der Waals surface area contributed by atoms with Crippen molar-refractivity contribution in [2.24, 2.45) is 0 Å². The average molecular weight is 273 g/mol. The minimum absolute atomic E-state index is 0.0853. The Morgan fingerprint density at radius 3 is 1.89 bits per heavy atom. The third-order valence-electron chi connectivity index (χ3n) is 2.94. The molecule has 0 saturated heterocycles. The zero-order valence-corrected chi connectivity index (χ0v) is 12.4. The van der Waals surface area contributed by atoms with Crippen molar-refractivity contribution in [1.82, 2.24) is 14.7 Å². The standard InChI is InChI=1S/C12H23N3O4/c1-7-15(12(2,3)10(17)18)11(19)14(6)8-9(16)13(4)5/h7-8H2,1-6H3,(H,17,18). The third-order valence-corrected chi connectivity index (χ3v) is 2.94. The summed E-state index contributed by atoms with van der Waals surface area (Å²) in [6.07, 6.45) is 0. The number of amides is 3. The first-order chi connectivity index (χ1) is 8.55. The van der Waals surface area contributed by atoms with Gasteiger partial charge in [0.1, 0.15) is 12.1 Å². The van der Waals surface area contributed by atoms with Gasteiger partial charge in [0.2, 0.25) is 5.91 Å². The molecule has 0 fully saturated rings. The van der Waals surface area contributed by atoms with E-state index >= 15 is 0 Å². The summed E-state index contributed by atoms with van der Waals surface area (Å²) >= 11 is 0. The maximum Gasteiger partial charge on any atom is 0.329 e. The molecule has 0 aromatic carbocycles. The molecule has 0 aliphatic heterocycles. The minimum Gasteiger partial charge on any atom is -0.480 e. The summed E-state index contributed by atoms with van der Waals surface area (Å²) in [6.45, 7) is 4.78. The highest BCUT2D eigenvalue weighted by Crippen LogP contribution is 2.16. The lowest BCUT2D eigenvalue weighted by Crippen LogP contribution is -2.57. The van der Waals surface area contributed by atoms with Gasteiger partial charge in [-0.1, -0.05) is 0 Å². The van der Waals surface area contributed by atoms with Gasteiger partial charge in [-0.05, 0) is 20.8 Å². The summed E-state index contributed by atoms with van der Waals surface area (Å²) in [5, 5.41) is 9.16. The summed E-state index contributed by atoms with van der Waals surface area (Å²) in [4.78, 5) is 38.8. The van der Waals surface area contributed by atoms with Crippen LogP contribution >= 0.6 is 0 Å². The summed E-state index contributed by atoms with van der Waals surface area (Å²) < 4.78 is 0. The molecule has 0 unspecified atom stereocenters. The molecule has 0 aromatic heterocycles. The topological polar surface area (TPSA) is 81.2 Å². The van der Waals surface area contributed by atoms with E-state index in [1.807, 2.05) is 0 Å². The molecule has 110 valence electrons. The van der Waals surface area contributed by atoms with E-state index in [0.717, 1.165) is 0 Å². The Bertz CT molecular complexity index is 366. The van der Waals surface area contributed by atoms with Crippen LogP contribution in [0, 0.1) is 0 Å². The second kappa shape index (κ2) is 6.40. The fourth-order valence-corrected chi connectivity index (χ4v) is 1.50. The van der Waals surface area contributed by atoms with Gasteiger partial charge in [0.15, 0.2) is 0 Å². The Balaban J connectivity index is 4.96. The maximum absolute atomic E-state index is 12.2. The predicted molar refractivity (Wildman–Crippen MR) is 70.8 cm³/mol. The van der Waals surface area contributed by atoms with Gasteiger partial charge < -0.3 is 19.8 Å². The van der Waals surface area contributed by atoms with Crippen molar-refractivity contribution < 1.29 is 19.5 Å². The van der Waals surface area contributed by atoms with Crippen molar-refractivity contribution in [1.29, 1.82) is 0 Å². The second-order valence-electron chi connectivity index (χ2n) is 5.04. The molecule has 0 saturated carbocycles. The molecular formula is C12H23N3O4. The van der Waals surface area contributed by atoms with Crippen LogP contribution in [0.5, 0.6) is 0 Å². The van der Waals surface area contributed by atoms with Crippen molar-refractivity contribution >= 4 is 17.9 Å². The maximum atomic E-state index is 12.2. The monoisotopic (exact) mass is 273 g/mol. The molecule has 0 aliphatic carbocycles. The summed E-state index contributed by atoms with van der Waals surface area (Å²) in [7, 11) is 4.67. The fraction of sp³-hybridized carbons (Fsp3) is 0.750. The average Bonchev–Trinajstić information content (AvgIpc) is 2.28. The number of carbonyl (C=O) groups excluding carboxylic acids is 2. The number of hydrogen-bond acceptors (Lipinski definition) is 3. The SMILES string of the molecule is CCN(C(=O)N(C)CC(=O)N(C)C)C(C)(C)C(=O)O. The quantitative estimate of drug-likeness (QED) is 0.781. The van der Waals surface area contributed by atoms with Crippen LogP contribution in [0.1, 0.15) is 20.8 Å². The molecule has 19 heavy (non-hydrogen) atoms. The summed E-state index contributed by atoms with van der Waals surface area (Å²) in [5.74, 6) is -1.31. The normalized spacial score (nSPS) is 10.8. The summed E-state index contributed by atoms with van der Waals surface area (Å²) in [6, 6.07) is -0.481. The molecule has 0 heterocycles. The van der Waals surface area contributed by atoms with Gasteiger partial charge in [0, 0.05) is 27.7 Å². The van der Waals surface area contributed by atoms with Crippen LogP contribution in [0.3, 0.4) is 0 Å². The van der Waals surface area contributed by atoms with Crippen LogP contribution in [0.2, 0.25) is 0 Å². The Hall–Kier alpha value is -1.79. The van der Waals surface area contributed by atoms with E-state index in [4.69, 9.17) is 5.11 Å². The molecule has 0 spiro atoms. The molecule has 0 atom stereocenters. The molecule has 0 radical (unpaired) electrons. The van der Waals surface area contributed by atoms with Crippen LogP contribution in [-0.2, 0) is 9.59 Å². The highest BCUT2D eigenvalue weighted by atomic mass is 16.4. The lowest BCUT2D eigenvalue weighted by atomic mass is 10.0. The molecule has 1 N–H and O–H groups in total. The lowest BCUT2D eigenvalue weighted by molar-refractivity contribution is -0.147. The van der Waals surface area contributed by atoms with Crippen molar-refractivity contribution in [3.8, 4) is 0 Å². The van der Waals surface area contributed by atoms with Crippen LogP contribution in [-0.4, -0.2) is 77.5 Å². The molecule has 7 heteroatoms. The molecule has 0 rings (SSSR count). The van der Waals surface area contributed by atoms with Crippen molar-refractivity contribution in [2.45, 2.75) is 26.3 Å². The Morgan fingerprint density at radius 2 is 1.58 bits per heavy atom. The van der Waals surface area contributed by atoms with Gasteiger partial charge in [-0.3, -0.25) is 4.79 Å². The highest BCUT2D eigenvalue weighted by molar-refractivity contribution is 5.88. The Kier molecular flexibility index (Phi) is 5.80. The number of nitrogens with zero attached hydrogens (tertiary/aromatic N) is 3. The van der Waals surface area contributed by atoms with Gasteiger partial charge in [-0.25, -0.2) is 9.59 Å². The van der Waals surface area contributed by atoms with Crippen LogP contribution < -0.4 is 0 Å². The largest absolute Gasteiger partial charge is 0.480 e. The van der Waals surface area contributed by atoms with E-state index in [1.54, 1.807) is 21.0 Å². The van der Waals surface area contributed by atoms with E-state index in [2.05, 4.69) is 0 Å². The smallest absolute Gasteiger partial charge is 0.329 e. The number of urea groups is 1. The van der Waals surface area contributed by atoms with Gasteiger partial charge in [-0.15, -0.1) is 0 Å². The van der Waals surface area contributed by atoms with Crippen LogP contribution in [0.25, 0.3) is 0 Å². The van der Waals surface area contributed by atoms with Crippen molar-refractivity contribution in [3.63, 3.8) is 0 Å². The fourth-order valence-electron chi connectivity index (χ4n) is 1.50. The van der Waals surface area contributed by atoms with Gasteiger partial charge >= 0.3 is 12.0 Å². The number of likely N-dealkylation sites (N-methyl/N-ethyl adjacent to an activating group) is 3. The number of hydrogen-bond donors (Lipinski definition) is 1. The van der Waals surface area contributed by atoms with E-state index < -0.39 is 17.5 Å².